The van der Waals surface area contributed by atoms with Crippen LogP contribution in [0.2, 0.25) is 10.0 Å². The van der Waals surface area contributed by atoms with Gasteiger partial charge in [-0.15, -0.1) is 0 Å². The molecule has 0 aliphatic carbocycles. The number of aromatic nitrogens is 2. The summed E-state index contributed by atoms with van der Waals surface area (Å²) in [6, 6.07) is 4.93. The van der Waals surface area contributed by atoms with E-state index in [1.54, 1.807) is 36.9 Å². The average molecular weight is 298 g/mol. The van der Waals surface area contributed by atoms with Crippen LogP contribution in [0.5, 0.6) is 0 Å². The van der Waals surface area contributed by atoms with Gasteiger partial charge in [-0.2, -0.15) is 5.10 Å². The Morgan fingerprint density at radius 3 is 2.53 bits per heavy atom. The third-order valence-electron chi connectivity index (χ3n) is 2.92. The monoisotopic (exact) mass is 297 g/mol. The third-order valence-corrected chi connectivity index (χ3v) is 3.46. The second kappa shape index (κ2) is 5.23. The quantitative estimate of drug-likeness (QED) is 0.921. The maximum Gasteiger partial charge on any atom is 0.259 e. The maximum atomic E-state index is 12.3. The molecule has 1 heterocycles. The number of aryl methyl sites for hydroxylation is 2. The molecule has 0 spiro atoms. The molecule has 4 nitrogen and oxygen atoms in total. The van der Waals surface area contributed by atoms with Gasteiger partial charge >= 0.3 is 0 Å². The van der Waals surface area contributed by atoms with Crippen LogP contribution in [0.25, 0.3) is 0 Å². The predicted molar refractivity (Wildman–Crippen MR) is 77.1 cm³/mol. The van der Waals surface area contributed by atoms with Gasteiger partial charge in [0, 0.05) is 17.8 Å². The number of carbonyl (C=O) groups excluding carboxylic acids is 1. The summed E-state index contributed by atoms with van der Waals surface area (Å²) in [5, 5.41) is 7.91. The highest BCUT2D eigenvalue weighted by molar-refractivity contribution is 6.36. The zero-order valence-corrected chi connectivity index (χ0v) is 12.3. The largest absolute Gasteiger partial charge is 0.321 e. The van der Waals surface area contributed by atoms with Crippen molar-refractivity contribution in [1.82, 2.24) is 9.78 Å². The molecule has 100 valence electrons. The first-order valence-electron chi connectivity index (χ1n) is 5.66. The standard InChI is InChI=1S/C13H13Cl2N3O/c1-7-12(8(2)18(3)17-7)13(19)16-11-5-4-9(14)6-10(11)15/h4-6H,1-3H3,(H,16,19). The van der Waals surface area contributed by atoms with Crippen molar-refractivity contribution in [3.05, 3.63) is 45.2 Å². The van der Waals surface area contributed by atoms with Crippen LogP contribution in [-0.2, 0) is 7.05 Å². The number of amides is 1. The molecule has 2 rings (SSSR count). The minimum absolute atomic E-state index is 0.229. The first-order valence-corrected chi connectivity index (χ1v) is 6.42. The summed E-state index contributed by atoms with van der Waals surface area (Å²) in [5.74, 6) is -0.229. The third kappa shape index (κ3) is 2.74. The van der Waals surface area contributed by atoms with Crippen molar-refractivity contribution in [2.75, 3.05) is 5.32 Å². The molecule has 1 aromatic carbocycles. The molecule has 0 aliphatic heterocycles. The van der Waals surface area contributed by atoms with E-state index in [9.17, 15) is 4.79 Å². The number of halogens is 2. The Hall–Kier alpha value is -1.52. The lowest BCUT2D eigenvalue weighted by Crippen LogP contribution is -2.14. The molecule has 1 amide bonds. The number of hydrogen-bond acceptors (Lipinski definition) is 2. The van der Waals surface area contributed by atoms with E-state index in [1.165, 1.54) is 0 Å². The molecule has 0 fully saturated rings. The van der Waals surface area contributed by atoms with Crippen LogP contribution in [0, 0.1) is 13.8 Å². The SMILES string of the molecule is Cc1nn(C)c(C)c1C(=O)Nc1ccc(Cl)cc1Cl. The average Bonchev–Trinajstić information content (AvgIpc) is 2.57. The molecule has 19 heavy (non-hydrogen) atoms. The Labute approximate surface area is 121 Å². The fourth-order valence-corrected chi connectivity index (χ4v) is 2.33. The van der Waals surface area contributed by atoms with Gasteiger partial charge in [0.15, 0.2) is 0 Å². The fourth-order valence-electron chi connectivity index (χ4n) is 1.88. The van der Waals surface area contributed by atoms with Crippen molar-refractivity contribution in [2.45, 2.75) is 13.8 Å². The second-order valence-corrected chi connectivity index (χ2v) is 5.09. The van der Waals surface area contributed by atoms with Crippen LogP contribution in [-0.4, -0.2) is 15.7 Å². The van der Waals surface area contributed by atoms with Gasteiger partial charge in [0.1, 0.15) is 0 Å². The van der Waals surface area contributed by atoms with Crippen LogP contribution in [0.1, 0.15) is 21.7 Å². The minimum atomic E-state index is -0.229. The van der Waals surface area contributed by atoms with Gasteiger partial charge in [-0.3, -0.25) is 9.48 Å². The van der Waals surface area contributed by atoms with Gasteiger partial charge in [-0.25, -0.2) is 0 Å². The summed E-state index contributed by atoms with van der Waals surface area (Å²) < 4.78 is 1.67. The van der Waals surface area contributed by atoms with Crippen LogP contribution in [0.3, 0.4) is 0 Å². The number of rotatable bonds is 2. The zero-order chi connectivity index (χ0) is 14.2. The molecule has 0 radical (unpaired) electrons. The lowest BCUT2D eigenvalue weighted by Gasteiger charge is -2.07. The molecular formula is C13H13Cl2N3O. The predicted octanol–water partition coefficient (Wildman–Crippen LogP) is 3.60. The van der Waals surface area contributed by atoms with E-state index in [0.717, 1.165) is 5.69 Å². The van der Waals surface area contributed by atoms with E-state index in [1.807, 2.05) is 6.92 Å². The van der Waals surface area contributed by atoms with E-state index >= 15 is 0 Å². The molecule has 1 N–H and O–H groups in total. The topological polar surface area (TPSA) is 46.9 Å². The summed E-state index contributed by atoms with van der Waals surface area (Å²) in [7, 11) is 1.80. The van der Waals surface area contributed by atoms with Crippen molar-refractivity contribution in [2.24, 2.45) is 7.05 Å². The normalized spacial score (nSPS) is 10.6. The zero-order valence-electron chi connectivity index (χ0n) is 10.8. The molecular weight excluding hydrogens is 285 g/mol. The molecule has 6 heteroatoms. The molecule has 0 saturated heterocycles. The second-order valence-electron chi connectivity index (χ2n) is 4.25. The smallest absolute Gasteiger partial charge is 0.259 e. The molecule has 0 aliphatic rings. The molecule has 0 bridgehead atoms. The Kier molecular flexibility index (Phi) is 3.83. The van der Waals surface area contributed by atoms with Crippen molar-refractivity contribution in [1.29, 1.82) is 0 Å². The molecule has 0 saturated carbocycles. The van der Waals surface area contributed by atoms with Crippen molar-refractivity contribution >= 4 is 34.8 Å². The molecule has 0 atom stereocenters. The summed E-state index contributed by atoms with van der Waals surface area (Å²) in [6.45, 7) is 3.64. The van der Waals surface area contributed by atoms with Crippen molar-refractivity contribution in [3.8, 4) is 0 Å². The molecule has 2 aromatic rings. The number of hydrogen-bond donors (Lipinski definition) is 1. The van der Waals surface area contributed by atoms with Crippen molar-refractivity contribution < 1.29 is 4.79 Å². The van der Waals surface area contributed by atoms with Gasteiger partial charge in [0.2, 0.25) is 0 Å². The Balaban J connectivity index is 2.31. The highest BCUT2D eigenvalue weighted by Gasteiger charge is 2.18. The summed E-state index contributed by atoms with van der Waals surface area (Å²) in [4.78, 5) is 12.3. The highest BCUT2D eigenvalue weighted by atomic mass is 35.5. The Bertz CT molecular complexity index is 650. The van der Waals surface area contributed by atoms with E-state index in [-0.39, 0.29) is 5.91 Å². The van der Waals surface area contributed by atoms with Gasteiger partial charge < -0.3 is 5.32 Å². The van der Waals surface area contributed by atoms with Crippen LogP contribution >= 0.6 is 23.2 Å². The van der Waals surface area contributed by atoms with Crippen molar-refractivity contribution in [3.63, 3.8) is 0 Å². The Morgan fingerprint density at radius 1 is 1.32 bits per heavy atom. The van der Waals surface area contributed by atoms with Crippen LogP contribution < -0.4 is 5.32 Å². The van der Waals surface area contributed by atoms with Gasteiger partial charge in [-0.1, -0.05) is 23.2 Å². The number of nitrogens with one attached hydrogen (secondary N) is 1. The fraction of sp³-hybridized carbons (Fsp3) is 0.231. The van der Waals surface area contributed by atoms with E-state index in [0.29, 0.717) is 27.0 Å². The number of benzene rings is 1. The summed E-state index contributed by atoms with van der Waals surface area (Å²) >= 11 is 11.8. The minimum Gasteiger partial charge on any atom is -0.321 e. The lowest BCUT2D eigenvalue weighted by molar-refractivity contribution is 0.102. The van der Waals surface area contributed by atoms with E-state index < -0.39 is 0 Å². The molecule has 0 unspecified atom stereocenters. The lowest BCUT2D eigenvalue weighted by atomic mass is 10.2. The molecule has 1 aromatic heterocycles. The highest BCUT2D eigenvalue weighted by Crippen LogP contribution is 2.26. The summed E-state index contributed by atoms with van der Waals surface area (Å²) in [5.41, 5.74) is 2.58. The van der Waals surface area contributed by atoms with Crippen LogP contribution in [0.15, 0.2) is 18.2 Å². The number of carbonyl (C=O) groups is 1. The maximum absolute atomic E-state index is 12.3. The van der Waals surface area contributed by atoms with E-state index in [4.69, 9.17) is 23.2 Å². The van der Waals surface area contributed by atoms with Gasteiger partial charge in [0.25, 0.3) is 5.91 Å². The van der Waals surface area contributed by atoms with Gasteiger partial charge in [0.05, 0.1) is 22.0 Å². The number of anilines is 1. The number of nitrogens with zero attached hydrogens (tertiary/aromatic N) is 2. The Morgan fingerprint density at radius 2 is 2.00 bits per heavy atom. The summed E-state index contributed by atoms with van der Waals surface area (Å²) in [6.07, 6.45) is 0. The van der Waals surface area contributed by atoms with Crippen LogP contribution in [0.4, 0.5) is 5.69 Å². The van der Waals surface area contributed by atoms with E-state index in [2.05, 4.69) is 10.4 Å². The first-order chi connectivity index (χ1) is 8.90. The van der Waals surface area contributed by atoms with Gasteiger partial charge in [-0.05, 0) is 32.0 Å². The first kappa shape index (κ1) is 13.9.